The van der Waals surface area contributed by atoms with E-state index >= 15 is 0 Å². The van der Waals surface area contributed by atoms with Crippen LogP contribution in [0.2, 0.25) is 0 Å². The minimum atomic E-state index is -0.251. The van der Waals surface area contributed by atoms with Gasteiger partial charge in [0.15, 0.2) is 0 Å². The minimum absolute atomic E-state index is 0.0412. The molecule has 1 saturated carbocycles. The van der Waals surface area contributed by atoms with E-state index in [0.717, 1.165) is 12.8 Å². The van der Waals surface area contributed by atoms with Crippen LogP contribution in [-0.4, -0.2) is 29.3 Å². The van der Waals surface area contributed by atoms with Crippen molar-refractivity contribution in [2.75, 3.05) is 6.54 Å². The number of nitrogens with one attached hydrogen (secondary N) is 1. The van der Waals surface area contributed by atoms with E-state index in [1.807, 2.05) is 6.92 Å². The summed E-state index contributed by atoms with van der Waals surface area (Å²) in [5.41, 5.74) is 6.35. The SMILES string of the molecule is CC(O)CC(C)NC1(CN)CCCCC1(C)C. The standard InChI is InChI=1S/C14H30N2O/c1-11(9-12(2)17)16-14(10-15)8-6-5-7-13(14,3)4/h11-12,16-17H,5-10,15H2,1-4H3. The van der Waals surface area contributed by atoms with Gasteiger partial charge >= 0.3 is 0 Å². The molecule has 0 radical (unpaired) electrons. The molecule has 0 amide bonds. The smallest absolute Gasteiger partial charge is 0.0526 e. The number of aliphatic hydroxyl groups is 1. The van der Waals surface area contributed by atoms with Crippen molar-refractivity contribution in [1.29, 1.82) is 0 Å². The molecule has 3 atom stereocenters. The summed E-state index contributed by atoms with van der Waals surface area (Å²) in [5, 5.41) is 13.2. The summed E-state index contributed by atoms with van der Waals surface area (Å²) < 4.78 is 0. The quantitative estimate of drug-likeness (QED) is 0.691. The van der Waals surface area contributed by atoms with Crippen molar-refractivity contribution in [3.8, 4) is 0 Å². The first-order valence-corrected chi connectivity index (χ1v) is 6.99. The molecule has 1 fully saturated rings. The van der Waals surface area contributed by atoms with Crippen LogP contribution in [0.4, 0.5) is 0 Å². The summed E-state index contributed by atoms with van der Waals surface area (Å²) in [4.78, 5) is 0. The summed E-state index contributed by atoms with van der Waals surface area (Å²) in [6.07, 6.45) is 5.49. The molecule has 1 aliphatic carbocycles. The van der Waals surface area contributed by atoms with Crippen LogP contribution in [0.25, 0.3) is 0 Å². The van der Waals surface area contributed by atoms with Crippen LogP contribution in [0.5, 0.6) is 0 Å². The molecule has 0 aromatic heterocycles. The molecule has 0 heterocycles. The normalized spacial score (nSPS) is 32.1. The summed E-state index contributed by atoms with van der Waals surface area (Å²) in [6, 6.07) is 0.316. The van der Waals surface area contributed by atoms with E-state index in [2.05, 4.69) is 26.1 Å². The molecule has 4 N–H and O–H groups in total. The maximum atomic E-state index is 9.47. The monoisotopic (exact) mass is 242 g/mol. The molecular formula is C14H30N2O. The van der Waals surface area contributed by atoms with E-state index in [-0.39, 0.29) is 17.1 Å². The van der Waals surface area contributed by atoms with Gasteiger partial charge in [-0.05, 0) is 38.5 Å². The molecule has 0 aromatic carbocycles. The molecule has 0 aromatic rings. The van der Waals surface area contributed by atoms with Crippen LogP contribution in [0.1, 0.15) is 59.8 Å². The lowest BCUT2D eigenvalue weighted by molar-refractivity contribution is 0.0513. The van der Waals surface area contributed by atoms with Crippen LogP contribution in [0.3, 0.4) is 0 Å². The van der Waals surface area contributed by atoms with Crippen LogP contribution in [0.15, 0.2) is 0 Å². The van der Waals surface area contributed by atoms with Gasteiger partial charge in [0.2, 0.25) is 0 Å². The zero-order chi connectivity index (χ0) is 13.1. The molecule has 3 heteroatoms. The molecule has 0 saturated heterocycles. The van der Waals surface area contributed by atoms with Crippen LogP contribution >= 0.6 is 0 Å². The Labute approximate surface area is 106 Å². The molecule has 0 spiro atoms. The predicted molar refractivity (Wildman–Crippen MR) is 72.9 cm³/mol. The Morgan fingerprint density at radius 2 is 1.82 bits per heavy atom. The highest BCUT2D eigenvalue weighted by Gasteiger charge is 2.45. The van der Waals surface area contributed by atoms with Gasteiger partial charge in [0.25, 0.3) is 0 Å². The fourth-order valence-corrected chi connectivity index (χ4v) is 3.32. The van der Waals surface area contributed by atoms with E-state index in [1.54, 1.807) is 0 Å². The average Bonchev–Trinajstić information content (AvgIpc) is 2.20. The molecule has 17 heavy (non-hydrogen) atoms. The Balaban J connectivity index is 2.73. The second-order valence-corrected chi connectivity index (χ2v) is 6.51. The van der Waals surface area contributed by atoms with Crippen molar-refractivity contribution in [2.45, 2.75) is 77.5 Å². The van der Waals surface area contributed by atoms with Gasteiger partial charge in [-0.25, -0.2) is 0 Å². The summed E-state index contributed by atoms with van der Waals surface area (Å²) >= 11 is 0. The van der Waals surface area contributed by atoms with E-state index in [0.29, 0.717) is 12.6 Å². The maximum absolute atomic E-state index is 9.47. The minimum Gasteiger partial charge on any atom is -0.393 e. The van der Waals surface area contributed by atoms with Crippen molar-refractivity contribution in [1.82, 2.24) is 5.32 Å². The Morgan fingerprint density at radius 3 is 2.29 bits per heavy atom. The number of aliphatic hydroxyl groups excluding tert-OH is 1. The van der Waals surface area contributed by atoms with Crippen molar-refractivity contribution >= 4 is 0 Å². The highest BCUT2D eigenvalue weighted by Crippen LogP contribution is 2.43. The van der Waals surface area contributed by atoms with Gasteiger partial charge in [-0.15, -0.1) is 0 Å². The molecule has 1 rings (SSSR count). The Morgan fingerprint density at radius 1 is 1.24 bits per heavy atom. The lowest BCUT2D eigenvalue weighted by Gasteiger charge is -2.52. The number of nitrogens with two attached hydrogens (primary N) is 1. The highest BCUT2D eigenvalue weighted by molar-refractivity contribution is 5.04. The third-order valence-corrected chi connectivity index (χ3v) is 4.52. The second-order valence-electron chi connectivity index (χ2n) is 6.51. The Kier molecular flexibility index (Phi) is 4.99. The van der Waals surface area contributed by atoms with E-state index in [1.165, 1.54) is 19.3 Å². The third-order valence-electron chi connectivity index (χ3n) is 4.52. The first-order valence-electron chi connectivity index (χ1n) is 6.99. The van der Waals surface area contributed by atoms with Crippen LogP contribution in [-0.2, 0) is 0 Å². The van der Waals surface area contributed by atoms with Gasteiger partial charge in [0, 0.05) is 18.1 Å². The van der Waals surface area contributed by atoms with Gasteiger partial charge in [-0.3, -0.25) is 0 Å². The van der Waals surface area contributed by atoms with Gasteiger partial charge in [-0.2, -0.15) is 0 Å². The topological polar surface area (TPSA) is 58.3 Å². The Hall–Kier alpha value is -0.120. The van der Waals surface area contributed by atoms with Crippen LogP contribution in [0, 0.1) is 5.41 Å². The Bertz CT molecular complexity index is 240. The van der Waals surface area contributed by atoms with Crippen molar-refractivity contribution in [3.05, 3.63) is 0 Å². The van der Waals surface area contributed by atoms with Crippen molar-refractivity contribution < 1.29 is 5.11 Å². The average molecular weight is 242 g/mol. The fourth-order valence-electron chi connectivity index (χ4n) is 3.32. The lowest BCUT2D eigenvalue weighted by Crippen LogP contribution is -2.64. The van der Waals surface area contributed by atoms with Crippen molar-refractivity contribution in [2.24, 2.45) is 11.1 Å². The van der Waals surface area contributed by atoms with Gasteiger partial charge < -0.3 is 16.2 Å². The zero-order valence-corrected chi connectivity index (χ0v) is 11.9. The highest BCUT2D eigenvalue weighted by atomic mass is 16.3. The predicted octanol–water partition coefficient (Wildman–Crippen LogP) is 2.03. The first kappa shape index (κ1) is 14.9. The van der Waals surface area contributed by atoms with E-state index < -0.39 is 0 Å². The third kappa shape index (κ3) is 3.43. The summed E-state index contributed by atoms with van der Waals surface area (Å²) in [5.74, 6) is 0. The fraction of sp³-hybridized carbons (Fsp3) is 1.00. The summed E-state index contributed by atoms with van der Waals surface area (Å²) in [7, 11) is 0. The molecule has 3 unspecified atom stereocenters. The summed E-state index contributed by atoms with van der Waals surface area (Å²) in [6.45, 7) is 9.32. The van der Waals surface area contributed by atoms with E-state index in [4.69, 9.17) is 5.73 Å². The lowest BCUT2D eigenvalue weighted by atomic mass is 9.62. The number of hydrogen-bond acceptors (Lipinski definition) is 3. The molecular weight excluding hydrogens is 212 g/mol. The van der Waals surface area contributed by atoms with Gasteiger partial charge in [0.1, 0.15) is 0 Å². The first-order chi connectivity index (χ1) is 7.83. The molecule has 102 valence electrons. The van der Waals surface area contributed by atoms with E-state index in [9.17, 15) is 5.11 Å². The van der Waals surface area contributed by atoms with Crippen molar-refractivity contribution in [3.63, 3.8) is 0 Å². The number of hydrogen-bond donors (Lipinski definition) is 3. The zero-order valence-electron chi connectivity index (χ0n) is 11.9. The van der Waals surface area contributed by atoms with Gasteiger partial charge in [-0.1, -0.05) is 26.7 Å². The molecule has 0 bridgehead atoms. The van der Waals surface area contributed by atoms with Gasteiger partial charge in [0.05, 0.1) is 6.10 Å². The number of rotatable bonds is 5. The maximum Gasteiger partial charge on any atom is 0.0526 e. The molecule has 1 aliphatic rings. The van der Waals surface area contributed by atoms with Crippen LogP contribution < -0.4 is 11.1 Å². The molecule has 3 nitrogen and oxygen atoms in total. The second kappa shape index (κ2) is 5.68. The largest absolute Gasteiger partial charge is 0.393 e. The molecule has 0 aliphatic heterocycles.